The van der Waals surface area contributed by atoms with Gasteiger partial charge in [-0.3, -0.25) is 4.79 Å². The summed E-state index contributed by atoms with van der Waals surface area (Å²) in [5, 5.41) is 5.70. The van der Waals surface area contributed by atoms with Gasteiger partial charge in [-0.15, -0.1) is 0 Å². The Morgan fingerprint density at radius 2 is 2.20 bits per heavy atom. The third-order valence-corrected chi connectivity index (χ3v) is 1.31. The molecule has 3 heteroatoms. The molecule has 0 fully saturated rings. The first-order chi connectivity index (χ1) is 4.72. The summed E-state index contributed by atoms with van der Waals surface area (Å²) in [7, 11) is 1.84. The minimum absolute atomic E-state index is 0.0740. The molecule has 0 bridgehead atoms. The van der Waals surface area contributed by atoms with Crippen LogP contribution in [0.3, 0.4) is 0 Å². The fourth-order valence-electron chi connectivity index (χ4n) is 0.747. The Labute approximate surface area is 62.2 Å². The minimum Gasteiger partial charge on any atom is -0.356 e. The molecule has 1 atom stereocenters. The van der Waals surface area contributed by atoms with Gasteiger partial charge < -0.3 is 10.6 Å². The van der Waals surface area contributed by atoms with Gasteiger partial charge >= 0.3 is 0 Å². The van der Waals surface area contributed by atoms with Crippen LogP contribution in [0.4, 0.5) is 0 Å². The van der Waals surface area contributed by atoms with Crippen molar-refractivity contribution in [3.8, 4) is 0 Å². The zero-order chi connectivity index (χ0) is 7.98. The third-order valence-electron chi connectivity index (χ3n) is 1.31. The topological polar surface area (TPSA) is 41.1 Å². The van der Waals surface area contributed by atoms with Gasteiger partial charge in [0, 0.05) is 19.0 Å². The van der Waals surface area contributed by atoms with E-state index in [1.54, 1.807) is 0 Å². The van der Waals surface area contributed by atoms with Crippen molar-refractivity contribution in [2.45, 2.75) is 13.8 Å². The van der Waals surface area contributed by atoms with Gasteiger partial charge in [0.2, 0.25) is 5.91 Å². The number of rotatable bonds is 4. The summed E-state index contributed by atoms with van der Waals surface area (Å²) in [5.41, 5.74) is 0. The molecule has 0 spiro atoms. The largest absolute Gasteiger partial charge is 0.356 e. The molecule has 0 heterocycles. The molecule has 0 radical (unpaired) electrons. The second-order valence-electron chi connectivity index (χ2n) is 2.35. The van der Waals surface area contributed by atoms with Crippen LogP contribution in [0.25, 0.3) is 0 Å². The minimum atomic E-state index is 0.0740. The summed E-state index contributed by atoms with van der Waals surface area (Å²) >= 11 is 0. The van der Waals surface area contributed by atoms with Crippen LogP contribution in [0.15, 0.2) is 0 Å². The number of carbonyl (C=O) groups is 1. The highest BCUT2D eigenvalue weighted by Gasteiger charge is 2.08. The summed E-state index contributed by atoms with van der Waals surface area (Å²) in [5.74, 6) is 0.196. The Bertz CT molecular complexity index is 104. The van der Waals surface area contributed by atoms with Crippen molar-refractivity contribution in [2.24, 2.45) is 5.92 Å². The maximum Gasteiger partial charge on any atom is 0.224 e. The van der Waals surface area contributed by atoms with Crippen LogP contribution < -0.4 is 10.6 Å². The zero-order valence-corrected chi connectivity index (χ0v) is 6.90. The van der Waals surface area contributed by atoms with Gasteiger partial charge in [0.15, 0.2) is 0 Å². The lowest BCUT2D eigenvalue weighted by molar-refractivity contribution is -0.124. The normalized spacial score (nSPS) is 12.7. The summed E-state index contributed by atoms with van der Waals surface area (Å²) < 4.78 is 0. The van der Waals surface area contributed by atoms with Crippen LogP contribution in [0.5, 0.6) is 0 Å². The first-order valence-electron chi connectivity index (χ1n) is 3.64. The zero-order valence-electron chi connectivity index (χ0n) is 6.90. The van der Waals surface area contributed by atoms with Crippen molar-refractivity contribution in [1.29, 1.82) is 0 Å². The van der Waals surface area contributed by atoms with E-state index in [1.165, 1.54) is 0 Å². The Kier molecular flexibility index (Phi) is 4.94. The van der Waals surface area contributed by atoms with Gasteiger partial charge in [-0.1, -0.05) is 6.92 Å². The van der Waals surface area contributed by atoms with Crippen molar-refractivity contribution in [3.05, 3.63) is 0 Å². The number of carbonyl (C=O) groups excluding carboxylic acids is 1. The molecule has 0 saturated carbocycles. The Balaban J connectivity index is 3.49. The molecule has 0 rings (SSSR count). The Morgan fingerprint density at radius 3 is 2.60 bits per heavy atom. The van der Waals surface area contributed by atoms with Crippen molar-refractivity contribution in [1.82, 2.24) is 10.6 Å². The molecule has 3 nitrogen and oxygen atoms in total. The van der Waals surface area contributed by atoms with Crippen LogP contribution in [0.2, 0.25) is 0 Å². The second kappa shape index (κ2) is 5.23. The van der Waals surface area contributed by atoms with Crippen LogP contribution in [0, 0.1) is 5.92 Å². The highest BCUT2D eigenvalue weighted by Crippen LogP contribution is 1.90. The first-order valence-corrected chi connectivity index (χ1v) is 3.64. The molecular weight excluding hydrogens is 128 g/mol. The van der Waals surface area contributed by atoms with Crippen LogP contribution >= 0.6 is 0 Å². The van der Waals surface area contributed by atoms with Gasteiger partial charge in [0.25, 0.3) is 0 Å². The average molecular weight is 144 g/mol. The lowest BCUT2D eigenvalue weighted by atomic mass is 10.1. The van der Waals surface area contributed by atoms with E-state index in [-0.39, 0.29) is 11.8 Å². The number of hydrogen-bond acceptors (Lipinski definition) is 2. The van der Waals surface area contributed by atoms with Crippen LogP contribution in [-0.2, 0) is 4.79 Å². The monoisotopic (exact) mass is 144 g/mol. The van der Waals surface area contributed by atoms with Crippen molar-refractivity contribution < 1.29 is 4.79 Å². The Hall–Kier alpha value is -0.570. The van der Waals surface area contributed by atoms with E-state index >= 15 is 0 Å². The smallest absolute Gasteiger partial charge is 0.224 e. The molecule has 60 valence electrons. The molecule has 0 aliphatic rings. The summed E-state index contributed by atoms with van der Waals surface area (Å²) in [6, 6.07) is 0. The van der Waals surface area contributed by atoms with E-state index in [0.29, 0.717) is 6.54 Å². The SMILES string of the molecule is CCNC(=O)C(C)CNC. The molecule has 0 aromatic heterocycles. The van der Waals surface area contributed by atoms with Crippen molar-refractivity contribution >= 4 is 5.91 Å². The van der Waals surface area contributed by atoms with E-state index in [2.05, 4.69) is 10.6 Å². The molecule has 1 amide bonds. The van der Waals surface area contributed by atoms with Gasteiger partial charge in [-0.25, -0.2) is 0 Å². The molecule has 0 aliphatic carbocycles. The quantitative estimate of drug-likeness (QED) is 0.582. The Morgan fingerprint density at radius 1 is 1.60 bits per heavy atom. The lowest BCUT2D eigenvalue weighted by Gasteiger charge is -2.09. The highest BCUT2D eigenvalue weighted by atomic mass is 16.1. The molecule has 2 N–H and O–H groups in total. The van der Waals surface area contributed by atoms with Crippen molar-refractivity contribution in [3.63, 3.8) is 0 Å². The average Bonchev–Trinajstić information content (AvgIpc) is 1.89. The summed E-state index contributed by atoms with van der Waals surface area (Å²) in [6.07, 6.45) is 0. The predicted octanol–water partition coefficient (Wildman–Crippen LogP) is -0.0220. The van der Waals surface area contributed by atoms with E-state index in [4.69, 9.17) is 0 Å². The van der Waals surface area contributed by atoms with Crippen LogP contribution in [-0.4, -0.2) is 26.0 Å². The maximum absolute atomic E-state index is 11.0. The molecule has 10 heavy (non-hydrogen) atoms. The molecule has 0 aromatic rings. The fraction of sp³-hybridized carbons (Fsp3) is 0.857. The standard InChI is InChI=1S/C7H16N2O/c1-4-9-7(10)6(2)5-8-3/h6,8H,4-5H2,1-3H3,(H,9,10). The van der Waals surface area contributed by atoms with Crippen molar-refractivity contribution in [2.75, 3.05) is 20.1 Å². The van der Waals surface area contributed by atoms with E-state index in [1.807, 2.05) is 20.9 Å². The second-order valence-corrected chi connectivity index (χ2v) is 2.35. The maximum atomic E-state index is 11.0. The highest BCUT2D eigenvalue weighted by molar-refractivity contribution is 5.78. The molecular formula is C7H16N2O. The number of nitrogens with one attached hydrogen (secondary N) is 2. The summed E-state index contributed by atoms with van der Waals surface area (Å²) in [6.45, 7) is 5.28. The molecule has 0 aromatic carbocycles. The number of amides is 1. The molecule has 0 saturated heterocycles. The van der Waals surface area contributed by atoms with Gasteiger partial charge in [-0.2, -0.15) is 0 Å². The first kappa shape index (κ1) is 9.43. The van der Waals surface area contributed by atoms with Gasteiger partial charge in [0.05, 0.1) is 0 Å². The third kappa shape index (κ3) is 3.45. The summed E-state index contributed by atoms with van der Waals surface area (Å²) in [4.78, 5) is 11.0. The lowest BCUT2D eigenvalue weighted by Crippen LogP contribution is -2.33. The predicted molar refractivity (Wildman–Crippen MR) is 41.8 cm³/mol. The number of hydrogen-bond donors (Lipinski definition) is 2. The van der Waals surface area contributed by atoms with Gasteiger partial charge in [-0.05, 0) is 14.0 Å². The fourth-order valence-corrected chi connectivity index (χ4v) is 0.747. The molecule has 1 unspecified atom stereocenters. The molecule has 0 aliphatic heterocycles. The van der Waals surface area contributed by atoms with Crippen LogP contribution in [0.1, 0.15) is 13.8 Å². The van der Waals surface area contributed by atoms with E-state index in [0.717, 1.165) is 6.54 Å². The van der Waals surface area contributed by atoms with Gasteiger partial charge in [0.1, 0.15) is 0 Å². The van der Waals surface area contributed by atoms with E-state index in [9.17, 15) is 4.79 Å². The van der Waals surface area contributed by atoms with E-state index < -0.39 is 0 Å².